The normalized spacial score (nSPS) is 11.9. The van der Waals surface area contributed by atoms with Crippen LogP contribution < -0.4 is 5.73 Å². The number of amides is 1. The third-order valence-corrected chi connectivity index (χ3v) is 3.43. The minimum Gasteiger partial charge on any atom is -0.449 e. The first kappa shape index (κ1) is 14.5. The molecule has 20 heavy (non-hydrogen) atoms. The maximum Gasteiger partial charge on any atom is 0.404 e. The van der Waals surface area contributed by atoms with Crippen LogP contribution in [-0.4, -0.2) is 17.7 Å². The number of hydrogen-bond acceptors (Lipinski definition) is 3. The molecule has 0 aliphatic rings. The standard InChI is InChI=1S/C14H12BrFN2O2/c15-12-5-2-6-18-13(12)11(8-20-14(17)19)9-3-1-4-10(16)7-9/h1-7,11H,8H2,(H2,17,19). The molecule has 6 heteroatoms. The van der Waals surface area contributed by atoms with Crippen LogP contribution in [-0.2, 0) is 4.74 Å². The van der Waals surface area contributed by atoms with Crippen molar-refractivity contribution < 1.29 is 13.9 Å². The van der Waals surface area contributed by atoms with Crippen molar-refractivity contribution in [2.45, 2.75) is 5.92 Å². The molecule has 0 saturated heterocycles. The lowest BCUT2D eigenvalue weighted by molar-refractivity contribution is 0.152. The van der Waals surface area contributed by atoms with Gasteiger partial charge in [0, 0.05) is 10.7 Å². The van der Waals surface area contributed by atoms with Crippen LogP contribution in [0.1, 0.15) is 17.2 Å². The van der Waals surface area contributed by atoms with Gasteiger partial charge in [-0.15, -0.1) is 0 Å². The van der Waals surface area contributed by atoms with E-state index in [1.165, 1.54) is 12.1 Å². The molecule has 0 aliphatic carbocycles. The molecule has 2 N–H and O–H groups in total. The Balaban J connectivity index is 2.39. The number of ether oxygens (including phenoxy) is 1. The smallest absolute Gasteiger partial charge is 0.404 e. The first-order chi connectivity index (χ1) is 9.58. The highest BCUT2D eigenvalue weighted by atomic mass is 79.9. The zero-order valence-corrected chi connectivity index (χ0v) is 12.0. The quantitative estimate of drug-likeness (QED) is 0.930. The number of carbonyl (C=O) groups is 1. The number of hydrogen-bond donors (Lipinski definition) is 1. The van der Waals surface area contributed by atoms with Crippen LogP contribution in [0.25, 0.3) is 0 Å². The zero-order valence-electron chi connectivity index (χ0n) is 10.4. The van der Waals surface area contributed by atoms with Gasteiger partial charge in [-0.2, -0.15) is 0 Å². The average Bonchev–Trinajstić information content (AvgIpc) is 2.41. The number of rotatable bonds is 4. The van der Waals surface area contributed by atoms with Gasteiger partial charge in [-0.3, -0.25) is 4.98 Å². The van der Waals surface area contributed by atoms with E-state index in [-0.39, 0.29) is 12.4 Å². The van der Waals surface area contributed by atoms with Crippen molar-refractivity contribution in [1.82, 2.24) is 4.98 Å². The lowest BCUT2D eigenvalue weighted by Crippen LogP contribution is -2.19. The molecule has 4 nitrogen and oxygen atoms in total. The first-order valence-electron chi connectivity index (χ1n) is 5.86. The van der Waals surface area contributed by atoms with E-state index in [4.69, 9.17) is 10.5 Å². The molecule has 1 heterocycles. The number of primary amides is 1. The molecule has 1 aromatic heterocycles. The highest BCUT2D eigenvalue weighted by molar-refractivity contribution is 9.10. The summed E-state index contributed by atoms with van der Waals surface area (Å²) >= 11 is 3.39. The Hall–Kier alpha value is -1.95. The summed E-state index contributed by atoms with van der Waals surface area (Å²) in [6, 6.07) is 9.67. The molecule has 104 valence electrons. The van der Waals surface area contributed by atoms with Gasteiger partial charge in [-0.25, -0.2) is 9.18 Å². The van der Waals surface area contributed by atoms with E-state index in [1.54, 1.807) is 24.4 Å². The van der Waals surface area contributed by atoms with Gasteiger partial charge in [0.25, 0.3) is 0 Å². The molecule has 0 radical (unpaired) electrons. The summed E-state index contributed by atoms with van der Waals surface area (Å²) < 4.78 is 19.0. The van der Waals surface area contributed by atoms with Crippen molar-refractivity contribution >= 4 is 22.0 Å². The third kappa shape index (κ3) is 3.54. The van der Waals surface area contributed by atoms with Gasteiger partial charge < -0.3 is 10.5 Å². The zero-order chi connectivity index (χ0) is 14.5. The molecule has 0 saturated carbocycles. The Labute approximate surface area is 123 Å². The van der Waals surface area contributed by atoms with Gasteiger partial charge in [0.05, 0.1) is 11.6 Å². The summed E-state index contributed by atoms with van der Waals surface area (Å²) in [5.74, 6) is -0.757. The van der Waals surface area contributed by atoms with Crippen molar-refractivity contribution in [2.75, 3.05) is 6.61 Å². The fourth-order valence-electron chi connectivity index (χ4n) is 1.88. The van der Waals surface area contributed by atoms with Gasteiger partial charge in [0.1, 0.15) is 12.4 Å². The van der Waals surface area contributed by atoms with Crippen LogP contribution in [0.2, 0.25) is 0 Å². The lowest BCUT2D eigenvalue weighted by atomic mass is 9.96. The molecule has 0 bridgehead atoms. The number of benzene rings is 1. The molecule has 2 aromatic rings. The summed E-state index contributed by atoms with van der Waals surface area (Å²) in [7, 11) is 0. The van der Waals surface area contributed by atoms with Crippen molar-refractivity contribution in [3.63, 3.8) is 0 Å². The first-order valence-corrected chi connectivity index (χ1v) is 6.65. The number of pyridine rings is 1. The second-order valence-electron chi connectivity index (χ2n) is 4.11. The van der Waals surface area contributed by atoms with Crippen molar-refractivity contribution in [1.29, 1.82) is 0 Å². The van der Waals surface area contributed by atoms with E-state index in [2.05, 4.69) is 20.9 Å². The molecule has 1 aromatic carbocycles. The summed E-state index contributed by atoms with van der Waals surface area (Å²) in [6.07, 6.45) is 0.745. The molecule has 0 fully saturated rings. The molecule has 0 aliphatic heterocycles. The van der Waals surface area contributed by atoms with E-state index < -0.39 is 12.0 Å². The van der Waals surface area contributed by atoms with E-state index in [9.17, 15) is 9.18 Å². The van der Waals surface area contributed by atoms with Crippen LogP contribution in [0, 0.1) is 5.82 Å². The van der Waals surface area contributed by atoms with Crippen LogP contribution in [0.3, 0.4) is 0 Å². The Morgan fingerprint density at radius 2 is 2.20 bits per heavy atom. The van der Waals surface area contributed by atoms with Gasteiger partial charge in [-0.1, -0.05) is 12.1 Å². The predicted octanol–water partition coefficient (Wildman–Crippen LogP) is 3.21. The molecular formula is C14H12BrFN2O2. The van der Waals surface area contributed by atoms with E-state index in [0.29, 0.717) is 11.3 Å². The minimum atomic E-state index is -0.876. The molecular weight excluding hydrogens is 327 g/mol. The molecule has 1 atom stereocenters. The summed E-state index contributed by atoms with van der Waals surface area (Å²) in [4.78, 5) is 15.1. The van der Waals surface area contributed by atoms with E-state index in [1.807, 2.05) is 6.07 Å². The lowest BCUT2D eigenvalue weighted by Gasteiger charge is -2.17. The van der Waals surface area contributed by atoms with Gasteiger partial charge in [0.2, 0.25) is 0 Å². The number of carbonyl (C=O) groups excluding carboxylic acids is 1. The van der Waals surface area contributed by atoms with Gasteiger partial charge >= 0.3 is 6.09 Å². The van der Waals surface area contributed by atoms with Crippen molar-refractivity contribution in [2.24, 2.45) is 5.73 Å². The van der Waals surface area contributed by atoms with E-state index >= 15 is 0 Å². The SMILES string of the molecule is NC(=O)OCC(c1cccc(F)c1)c1ncccc1Br. The van der Waals surface area contributed by atoms with Crippen molar-refractivity contribution in [3.05, 3.63) is 64.1 Å². The third-order valence-electron chi connectivity index (χ3n) is 2.76. The number of halogens is 2. The topological polar surface area (TPSA) is 65.2 Å². The highest BCUT2D eigenvalue weighted by Gasteiger charge is 2.20. The largest absolute Gasteiger partial charge is 0.449 e. The number of aromatic nitrogens is 1. The molecule has 1 amide bonds. The maximum absolute atomic E-state index is 13.4. The summed E-state index contributed by atoms with van der Waals surface area (Å²) in [6.45, 7) is -0.00556. The Bertz CT molecular complexity index is 622. The Morgan fingerprint density at radius 1 is 1.40 bits per heavy atom. The van der Waals surface area contributed by atoms with E-state index in [0.717, 1.165) is 4.47 Å². The van der Waals surface area contributed by atoms with Gasteiger partial charge in [0.15, 0.2) is 0 Å². The van der Waals surface area contributed by atoms with Crippen LogP contribution in [0.4, 0.5) is 9.18 Å². The predicted molar refractivity (Wildman–Crippen MR) is 75.7 cm³/mol. The number of nitrogens with two attached hydrogens (primary N) is 1. The fraction of sp³-hybridized carbons (Fsp3) is 0.143. The molecule has 1 unspecified atom stereocenters. The fourth-order valence-corrected chi connectivity index (χ4v) is 2.41. The van der Waals surface area contributed by atoms with Gasteiger partial charge in [-0.05, 0) is 45.8 Å². The molecule has 0 spiro atoms. The Kier molecular flexibility index (Phi) is 4.68. The van der Waals surface area contributed by atoms with Crippen LogP contribution in [0.5, 0.6) is 0 Å². The second-order valence-corrected chi connectivity index (χ2v) is 4.96. The maximum atomic E-state index is 13.4. The number of nitrogens with zero attached hydrogens (tertiary/aromatic N) is 1. The average molecular weight is 339 g/mol. The Morgan fingerprint density at radius 3 is 2.85 bits per heavy atom. The minimum absolute atomic E-state index is 0.00556. The molecule has 2 rings (SSSR count). The van der Waals surface area contributed by atoms with Crippen molar-refractivity contribution in [3.8, 4) is 0 Å². The van der Waals surface area contributed by atoms with Crippen LogP contribution in [0.15, 0.2) is 47.1 Å². The highest BCUT2D eigenvalue weighted by Crippen LogP contribution is 2.29. The monoisotopic (exact) mass is 338 g/mol. The summed E-state index contributed by atoms with van der Waals surface area (Å²) in [5, 5.41) is 0. The van der Waals surface area contributed by atoms with Crippen LogP contribution >= 0.6 is 15.9 Å². The second kappa shape index (κ2) is 6.47. The summed E-state index contributed by atoms with van der Waals surface area (Å²) in [5.41, 5.74) is 6.31.